The average Bonchev–Trinajstić information content (AvgIpc) is 2.74. The van der Waals surface area contributed by atoms with Gasteiger partial charge in [0.05, 0.1) is 0 Å². The standard InChI is InChI=1S/C14H14BNO/c1-4-10-11-7-6-8-12(15(3)9-16)14(11)17-13(10)5-2/h5-8H,2,4H2,1,3H3. The Kier molecular flexibility index (Phi) is 3.06. The Labute approximate surface area is 102 Å². The molecule has 0 N–H and O–H groups in total. The van der Waals surface area contributed by atoms with Crippen molar-refractivity contribution in [2.75, 3.05) is 0 Å². The minimum Gasteiger partial charge on any atom is -0.457 e. The number of rotatable bonds is 3. The van der Waals surface area contributed by atoms with Crippen molar-refractivity contribution in [3.63, 3.8) is 0 Å². The third-order valence-electron chi connectivity index (χ3n) is 3.08. The molecule has 0 fully saturated rings. The van der Waals surface area contributed by atoms with Crippen LogP contribution in [0, 0.1) is 11.2 Å². The molecule has 0 radical (unpaired) electrons. The van der Waals surface area contributed by atoms with Gasteiger partial charge in [0.1, 0.15) is 11.3 Å². The van der Waals surface area contributed by atoms with E-state index >= 15 is 0 Å². The van der Waals surface area contributed by atoms with Crippen LogP contribution in [0.25, 0.3) is 17.0 Å². The van der Waals surface area contributed by atoms with E-state index in [0.29, 0.717) is 0 Å². The van der Waals surface area contributed by atoms with Crippen LogP contribution < -0.4 is 5.46 Å². The zero-order valence-corrected chi connectivity index (χ0v) is 10.2. The van der Waals surface area contributed by atoms with Crippen molar-refractivity contribution in [3.8, 4) is 5.97 Å². The molecule has 2 aromatic rings. The first-order valence-corrected chi connectivity index (χ1v) is 5.79. The first kappa shape index (κ1) is 11.5. The minimum absolute atomic E-state index is 0.160. The van der Waals surface area contributed by atoms with Gasteiger partial charge in [0.25, 0.3) is 0 Å². The van der Waals surface area contributed by atoms with Crippen molar-refractivity contribution >= 4 is 29.2 Å². The number of para-hydroxylation sites is 1. The van der Waals surface area contributed by atoms with Gasteiger partial charge in [-0.2, -0.15) is 0 Å². The smallest absolute Gasteiger partial charge is 0.300 e. The lowest BCUT2D eigenvalue weighted by Crippen LogP contribution is -2.25. The van der Waals surface area contributed by atoms with E-state index < -0.39 is 0 Å². The Morgan fingerprint density at radius 1 is 1.53 bits per heavy atom. The first-order chi connectivity index (χ1) is 8.22. The molecule has 0 amide bonds. The molecule has 0 atom stereocenters. The van der Waals surface area contributed by atoms with Crippen LogP contribution in [0.4, 0.5) is 0 Å². The number of furan rings is 1. The van der Waals surface area contributed by atoms with E-state index in [4.69, 9.17) is 9.68 Å². The maximum Gasteiger partial charge on any atom is 0.300 e. The second-order valence-corrected chi connectivity index (χ2v) is 4.08. The minimum atomic E-state index is -0.160. The highest BCUT2D eigenvalue weighted by Gasteiger charge is 2.18. The molecule has 2 nitrogen and oxygen atoms in total. The summed E-state index contributed by atoms with van der Waals surface area (Å²) in [5.41, 5.74) is 2.95. The number of nitrogens with zero attached hydrogens (tertiary/aromatic N) is 1. The second kappa shape index (κ2) is 4.51. The quantitative estimate of drug-likeness (QED) is 0.750. The lowest BCUT2D eigenvalue weighted by molar-refractivity contribution is 0.601. The highest BCUT2D eigenvalue weighted by Crippen LogP contribution is 2.26. The summed E-state index contributed by atoms with van der Waals surface area (Å²) in [5.74, 6) is 3.07. The van der Waals surface area contributed by atoms with Gasteiger partial charge in [0.2, 0.25) is 0 Å². The third kappa shape index (κ3) is 1.76. The number of aryl methyl sites for hydroxylation is 1. The van der Waals surface area contributed by atoms with E-state index in [0.717, 1.165) is 28.6 Å². The number of fused-ring (bicyclic) bond motifs is 1. The number of hydrogen-bond acceptors (Lipinski definition) is 2. The van der Waals surface area contributed by atoms with Crippen LogP contribution in [0.3, 0.4) is 0 Å². The zero-order chi connectivity index (χ0) is 12.4. The molecule has 0 bridgehead atoms. The lowest BCUT2D eigenvalue weighted by Gasteiger charge is -2.00. The van der Waals surface area contributed by atoms with Gasteiger partial charge in [0, 0.05) is 16.9 Å². The molecule has 0 aliphatic rings. The molecule has 1 aromatic carbocycles. The summed E-state index contributed by atoms with van der Waals surface area (Å²) in [6.07, 6.45) is 2.64. The van der Waals surface area contributed by atoms with E-state index in [1.54, 1.807) is 6.08 Å². The van der Waals surface area contributed by atoms with Gasteiger partial charge in [0.15, 0.2) is 0 Å². The van der Waals surface area contributed by atoms with Crippen LogP contribution in [0.15, 0.2) is 29.2 Å². The summed E-state index contributed by atoms with van der Waals surface area (Å²) in [6, 6.07) is 5.97. The summed E-state index contributed by atoms with van der Waals surface area (Å²) >= 11 is 0. The highest BCUT2D eigenvalue weighted by molar-refractivity contribution is 6.80. The van der Waals surface area contributed by atoms with Gasteiger partial charge in [-0.05, 0) is 18.0 Å². The largest absolute Gasteiger partial charge is 0.457 e. The normalized spacial score (nSPS) is 10.2. The molecule has 1 heterocycles. The van der Waals surface area contributed by atoms with Crippen LogP contribution in [-0.2, 0) is 6.42 Å². The van der Waals surface area contributed by atoms with Gasteiger partial charge in [-0.1, -0.05) is 38.5 Å². The molecule has 1 aromatic heterocycles. The van der Waals surface area contributed by atoms with Gasteiger partial charge >= 0.3 is 6.71 Å². The summed E-state index contributed by atoms with van der Waals surface area (Å²) in [6.45, 7) is 7.59. The maximum absolute atomic E-state index is 9.03. The summed E-state index contributed by atoms with van der Waals surface area (Å²) < 4.78 is 5.82. The van der Waals surface area contributed by atoms with Crippen LogP contribution in [0.2, 0.25) is 6.82 Å². The van der Waals surface area contributed by atoms with E-state index in [-0.39, 0.29) is 6.71 Å². The van der Waals surface area contributed by atoms with E-state index in [2.05, 4.69) is 19.5 Å². The molecule has 0 saturated heterocycles. The number of hydrogen-bond donors (Lipinski definition) is 0. The molecule has 0 saturated carbocycles. The monoisotopic (exact) mass is 223 g/mol. The van der Waals surface area contributed by atoms with Crippen molar-refractivity contribution in [2.45, 2.75) is 20.2 Å². The lowest BCUT2D eigenvalue weighted by atomic mass is 9.48. The molecular weight excluding hydrogens is 209 g/mol. The Morgan fingerprint density at radius 3 is 2.88 bits per heavy atom. The molecular formula is C14H14BNO. The molecule has 84 valence electrons. The van der Waals surface area contributed by atoms with Crippen molar-refractivity contribution < 1.29 is 4.42 Å². The summed E-state index contributed by atoms with van der Waals surface area (Å²) in [4.78, 5) is 0. The number of benzene rings is 1. The van der Waals surface area contributed by atoms with Crippen molar-refractivity contribution in [2.24, 2.45) is 0 Å². The predicted octanol–water partition coefficient (Wildman–Crippen LogP) is 3.03. The van der Waals surface area contributed by atoms with Crippen LogP contribution >= 0.6 is 0 Å². The summed E-state index contributed by atoms with van der Waals surface area (Å²) in [7, 11) is 0. The van der Waals surface area contributed by atoms with Crippen molar-refractivity contribution in [1.82, 2.24) is 0 Å². The molecule has 2 rings (SSSR count). The number of nitriles is 1. The van der Waals surface area contributed by atoms with Crippen molar-refractivity contribution in [1.29, 1.82) is 5.26 Å². The zero-order valence-electron chi connectivity index (χ0n) is 10.2. The maximum atomic E-state index is 9.03. The fourth-order valence-electron chi connectivity index (χ4n) is 2.15. The van der Waals surface area contributed by atoms with Gasteiger partial charge < -0.3 is 4.42 Å². The van der Waals surface area contributed by atoms with Crippen LogP contribution in [-0.4, -0.2) is 6.71 Å². The fourth-order valence-corrected chi connectivity index (χ4v) is 2.15. The predicted molar refractivity (Wildman–Crippen MR) is 72.5 cm³/mol. The van der Waals surface area contributed by atoms with E-state index in [1.807, 2.05) is 25.0 Å². The third-order valence-corrected chi connectivity index (χ3v) is 3.08. The second-order valence-electron chi connectivity index (χ2n) is 4.08. The van der Waals surface area contributed by atoms with Crippen LogP contribution in [0.1, 0.15) is 18.2 Å². The van der Waals surface area contributed by atoms with Gasteiger partial charge in [-0.15, -0.1) is 0 Å². The Balaban J connectivity index is 2.78. The first-order valence-electron chi connectivity index (χ1n) is 5.79. The molecule has 0 unspecified atom stereocenters. The van der Waals surface area contributed by atoms with E-state index in [1.165, 1.54) is 5.56 Å². The average molecular weight is 223 g/mol. The van der Waals surface area contributed by atoms with Crippen LogP contribution in [0.5, 0.6) is 0 Å². The van der Waals surface area contributed by atoms with Gasteiger partial charge in [-0.25, -0.2) is 5.26 Å². The van der Waals surface area contributed by atoms with E-state index in [9.17, 15) is 0 Å². The molecule has 0 spiro atoms. The van der Waals surface area contributed by atoms with Crippen molar-refractivity contribution in [3.05, 3.63) is 36.1 Å². The molecule has 3 heteroatoms. The Morgan fingerprint density at radius 2 is 2.29 bits per heavy atom. The molecule has 0 aliphatic heterocycles. The fraction of sp³-hybridized carbons (Fsp3) is 0.214. The Bertz CT molecular complexity index is 606. The Hall–Kier alpha value is -1.95. The topological polar surface area (TPSA) is 36.9 Å². The molecule has 0 aliphatic carbocycles. The summed E-state index contributed by atoms with van der Waals surface area (Å²) in [5, 5.41) is 10.1. The SMILES string of the molecule is C=Cc1oc2c(B(C)C#N)cccc2c1CC. The highest BCUT2D eigenvalue weighted by atomic mass is 16.3. The molecule has 17 heavy (non-hydrogen) atoms. The van der Waals surface area contributed by atoms with Gasteiger partial charge in [-0.3, -0.25) is 0 Å².